The van der Waals surface area contributed by atoms with Crippen LogP contribution in [-0.4, -0.2) is 15.8 Å². The largest absolute Gasteiger partial charge is 0.346 e. The molecule has 0 saturated carbocycles. The molecule has 0 aromatic carbocycles. The summed E-state index contributed by atoms with van der Waals surface area (Å²) >= 11 is 5.52. The van der Waals surface area contributed by atoms with Gasteiger partial charge in [-0.1, -0.05) is 13.0 Å². The predicted molar refractivity (Wildman–Crippen MR) is 52.5 cm³/mol. The van der Waals surface area contributed by atoms with E-state index in [-0.39, 0.29) is 0 Å². The van der Waals surface area contributed by atoms with Crippen LogP contribution >= 0.6 is 11.6 Å². The molecule has 1 rings (SSSR count). The highest BCUT2D eigenvalue weighted by atomic mass is 35.5. The van der Waals surface area contributed by atoms with Crippen LogP contribution in [0.1, 0.15) is 24.1 Å². The third-order valence-corrected chi connectivity index (χ3v) is 1.85. The van der Waals surface area contributed by atoms with Crippen LogP contribution in [0.4, 0.5) is 0 Å². The maximum Gasteiger partial charge on any atom is 0.106 e. The summed E-state index contributed by atoms with van der Waals surface area (Å²) in [6.07, 6.45) is 4.78. The molecule has 1 aromatic rings. The van der Waals surface area contributed by atoms with E-state index in [0.717, 1.165) is 23.6 Å². The smallest absolute Gasteiger partial charge is 0.106 e. The van der Waals surface area contributed by atoms with Crippen molar-refractivity contribution in [2.24, 2.45) is 0 Å². The fourth-order valence-electron chi connectivity index (χ4n) is 1.02. The first-order valence-corrected chi connectivity index (χ1v) is 4.59. The average Bonchev–Trinajstić information content (AvgIpc) is 2.43. The van der Waals surface area contributed by atoms with Gasteiger partial charge >= 0.3 is 0 Å². The van der Waals surface area contributed by atoms with E-state index in [9.17, 15) is 0 Å². The summed E-state index contributed by atoms with van der Waals surface area (Å²) in [6, 6.07) is 0. The van der Waals surface area contributed by atoms with E-state index in [1.54, 1.807) is 0 Å². The summed E-state index contributed by atoms with van der Waals surface area (Å²) < 4.78 is 0. The molecule has 3 heteroatoms. The molecule has 0 aliphatic carbocycles. The molecule has 0 aliphatic rings. The van der Waals surface area contributed by atoms with Crippen molar-refractivity contribution >= 4 is 17.7 Å². The molecule has 0 bridgehead atoms. The minimum Gasteiger partial charge on any atom is -0.346 e. The molecule has 2 nitrogen and oxygen atoms in total. The van der Waals surface area contributed by atoms with E-state index in [4.69, 9.17) is 11.6 Å². The molecule has 1 aromatic heterocycles. The van der Waals surface area contributed by atoms with Gasteiger partial charge in [0.25, 0.3) is 0 Å². The van der Waals surface area contributed by atoms with Gasteiger partial charge in [-0.05, 0) is 13.0 Å². The van der Waals surface area contributed by atoms with Gasteiger partial charge in [0.05, 0.1) is 5.69 Å². The second-order valence-corrected chi connectivity index (χ2v) is 2.91. The Bertz CT molecular complexity index is 276. The summed E-state index contributed by atoms with van der Waals surface area (Å²) in [6.45, 7) is 4.09. The fourth-order valence-corrected chi connectivity index (χ4v) is 1.11. The highest BCUT2D eigenvalue weighted by molar-refractivity contribution is 6.19. The first kappa shape index (κ1) is 9.33. The summed E-state index contributed by atoms with van der Waals surface area (Å²) in [7, 11) is 0. The maximum atomic E-state index is 5.52. The van der Waals surface area contributed by atoms with Crippen LogP contribution < -0.4 is 0 Å². The molecule has 0 unspecified atom stereocenters. The molecule has 66 valence electrons. The van der Waals surface area contributed by atoms with Gasteiger partial charge in [-0.15, -0.1) is 11.6 Å². The summed E-state index contributed by atoms with van der Waals surface area (Å²) in [5.74, 6) is 1.56. The zero-order chi connectivity index (χ0) is 8.97. The van der Waals surface area contributed by atoms with E-state index in [1.165, 1.54) is 0 Å². The molecular weight excluding hydrogens is 172 g/mol. The molecule has 1 N–H and O–H groups in total. The number of H-pyrrole nitrogens is 1. The number of imidazole rings is 1. The van der Waals surface area contributed by atoms with Gasteiger partial charge in [-0.3, -0.25) is 0 Å². The number of aromatic amines is 1. The number of allylic oxidation sites excluding steroid dienone is 1. The third-order valence-electron chi connectivity index (χ3n) is 1.67. The lowest BCUT2D eigenvalue weighted by Gasteiger charge is -1.84. The van der Waals surface area contributed by atoms with Crippen molar-refractivity contribution in [1.29, 1.82) is 0 Å². The molecule has 0 aliphatic heterocycles. The Morgan fingerprint density at radius 2 is 2.33 bits per heavy atom. The van der Waals surface area contributed by atoms with Crippen LogP contribution in [0.5, 0.6) is 0 Å². The van der Waals surface area contributed by atoms with E-state index in [2.05, 4.69) is 16.9 Å². The van der Waals surface area contributed by atoms with Crippen LogP contribution in [0, 0.1) is 6.92 Å². The van der Waals surface area contributed by atoms with E-state index in [1.807, 2.05) is 19.1 Å². The lowest BCUT2D eigenvalue weighted by atomic mass is 10.3. The Labute approximate surface area is 77.7 Å². The maximum absolute atomic E-state index is 5.52. The quantitative estimate of drug-likeness (QED) is 0.719. The van der Waals surface area contributed by atoms with Crippen molar-refractivity contribution in [2.45, 2.75) is 20.3 Å². The number of aromatic nitrogens is 2. The number of nitrogens with zero attached hydrogens (tertiary/aromatic N) is 1. The number of rotatable bonds is 3. The van der Waals surface area contributed by atoms with Crippen molar-refractivity contribution in [3.8, 4) is 0 Å². The van der Waals surface area contributed by atoms with Crippen LogP contribution in [0.2, 0.25) is 0 Å². The second kappa shape index (κ2) is 4.31. The van der Waals surface area contributed by atoms with Crippen LogP contribution in [0.15, 0.2) is 6.08 Å². The molecule has 0 fully saturated rings. The summed E-state index contributed by atoms with van der Waals surface area (Å²) in [5, 5.41) is 0. The Morgan fingerprint density at radius 1 is 1.58 bits per heavy atom. The zero-order valence-corrected chi connectivity index (χ0v) is 8.15. The first-order chi connectivity index (χ1) is 5.77. The van der Waals surface area contributed by atoms with Gasteiger partial charge < -0.3 is 4.98 Å². The monoisotopic (exact) mass is 184 g/mol. The topological polar surface area (TPSA) is 28.7 Å². The molecule has 1 heterocycles. The van der Waals surface area contributed by atoms with E-state index < -0.39 is 0 Å². The first-order valence-electron chi connectivity index (χ1n) is 4.06. The van der Waals surface area contributed by atoms with Crippen molar-refractivity contribution in [1.82, 2.24) is 9.97 Å². The van der Waals surface area contributed by atoms with Crippen LogP contribution in [0.25, 0.3) is 6.08 Å². The number of alkyl halides is 1. The number of aryl methyl sites for hydroxylation is 2. The lowest BCUT2D eigenvalue weighted by Crippen LogP contribution is -1.80. The van der Waals surface area contributed by atoms with Gasteiger partial charge in [-0.25, -0.2) is 4.98 Å². The van der Waals surface area contributed by atoms with Crippen LogP contribution in [-0.2, 0) is 6.42 Å². The van der Waals surface area contributed by atoms with E-state index >= 15 is 0 Å². The van der Waals surface area contributed by atoms with Gasteiger partial charge in [0, 0.05) is 18.0 Å². The third kappa shape index (κ3) is 2.11. The highest BCUT2D eigenvalue weighted by Crippen LogP contribution is 2.07. The van der Waals surface area contributed by atoms with Crippen molar-refractivity contribution in [3.05, 3.63) is 23.3 Å². The molecule has 0 spiro atoms. The standard InChI is InChI=1S/C9H13ClN2/c1-3-9-11-7(2)8(12-9)5-4-6-10/h4-5H,3,6H2,1-2H3,(H,11,12). The molecule has 0 atom stereocenters. The Kier molecular flexibility index (Phi) is 3.35. The Hall–Kier alpha value is -0.760. The molecule has 0 saturated heterocycles. The minimum atomic E-state index is 0.535. The average molecular weight is 185 g/mol. The fraction of sp³-hybridized carbons (Fsp3) is 0.444. The van der Waals surface area contributed by atoms with Gasteiger partial charge in [0.2, 0.25) is 0 Å². The van der Waals surface area contributed by atoms with Crippen molar-refractivity contribution in [2.75, 3.05) is 5.88 Å². The number of halogens is 1. The summed E-state index contributed by atoms with van der Waals surface area (Å²) in [4.78, 5) is 7.56. The molecule has 12 heavy (non-hydrogen) atoms. The number of hydrogen-bond acceptors (Lipinski definition) is 1. The van der Waals surface area contributed by atoms with Crippen molar-refractivity contribution in [3.63, 3.8) is 0 Å². The molecular formula is C9H13ClN2. The number of hydrogen-bond donors (Lipinski definition) is 1. The molecule has 0 radical (unpaired) electrons. The second-order valence-electron chi connectivity index (χ2n) is 2.60. The van der Waals surface area contributed by atoms with Crippen LogP contribution in [0.3, 0.4) is 0 Å². The SMILES string of the molecule is CCc1nc(C=CCCl)c(C)[nH]1. The Balaban J connectivity index is 2.84. The van der Waals surface area contributed by atoms with E-state index in [0.29, 0.717) is 5.88 Å². The summed E-state index contributed by atoms with van der Waals surface area (Å²) in [5.41, 5.74) is 2.10. The zero-order valence-electron chi connectivity index (χ0n) is 7.39. The Morgan fingerprint density at radius 3 is 2.83 bits per heavy atom. The predicted octanol–water partition coefficient (Wildman–Crippen LogP) is 2.53. The number of nitrogens with one attached hydrogen (secondary N) is 1. The van der Waals surface area contributed by atoms with Crippen molar-refractivity contribution < 1.29 is 0 Å². The lowest BCUT2D eigenvalue weighted by molar-refractivity contribution is 0.981. The molecule has 0 amide bonds. The van der Waals surface area contributed by atoms with Gasteiger partial charge in [-0.2, -0.15) is 0 Å². The van der Waals surface area contributed by atoms with Gasteiger partial charge in [0.15, 0.2) is 0 Å². The van der Waals surface area contributed by atoms with Gasteiger partial charge in [0.1, 0.15) is 5.82 Å². The highest BCUT2D eigenvalue weighted by Gasteiger charge is 2.00. The minimum absolute atomic E-state index is 0.535. The normalized spacial score (nSPS) is 11.2.